The minimum Gasteiger partial charge on any atom is -0.393 e. The minimum atomic E-state index is -0.280. The number of aliphatic hydroxyl groups is 1. The molecule has 0 unspecified atom stereocenters. The fourth-order valence-electron chi connectivity index (χ4n) is 4.30. The Labute approximate surface area is 193 Å². The first-order valence-corrected chi connectivity index (χ1v) is 11.7. The van der Waals surface area contributed by atoms with E-state index in [0.717, 1.165) is 25.7 Å². The summed E-state index contributed by atoms with van der Waals surface area (Å²) in [4.78, 5) is 0. The van der Waals surface area contributed by atoms with Gasteiger partial charge in [0.15, 0.2) is 0 Å². The summed E-state index contributed by atoms with van der Waals surface area (Å²) in [5.74, 6) is 0.367. The molecule has 4 atom stereocenters. The number of ether oxygens (including phenoxy) is 1. The van der Waals surface area contributed by atoms with Crippen LogP contribution in [0, 0.1) is 5.92 Å². The lowest BCUT2D eigenvalue weighted by Gasteiger charge is -2.31. The van der Waals surface area contributed by atoms with Gasteiger partial charge in [0.05, 0.1) is 18.8 Å². The fraction of sp³-hybridized carbons (Fsp3) is 0.379. The predicted molar refractivity (Wildman–Crippen MR) is 133 cm³/mol. The van der Waals surface area contributed by atoms with Gasteiger partial charge in [-0.15, -0.1) is 0 Å². The van der Waals surface area contributed by atoms with Crippen molar-refractivity contribution in [3.8, 4) is 0 Å². The van der Waals surface area contributed by atoms with Crippen LogP contribution in [0.25, 0.3) is 0 Å². The van der Waals surface area contributed by atoms with Crippen LogP contribution in [0.2, 0.25) is 0 Å². The first kappa shape index (κ1) is 24.2. The van der Waals surface area contributed by atoms with Crippen molar-refractivity contribution in [3.63, 3.8) is 0 Å². The second kappa shape index (κ2) is 13.2. The number of hydrogen-bond donors (Lipinski definition) is 2. The summed E-state index contributed by atoms with van der Waals surface area (Å²) in [6.45, 7) is 2.89. The first-order valence-electron chi connectivity index (χ1n) is 11.7. The lowest BCUT2D eigenvalue weighted by molar-refractivity contribution is 0.134. The molecule has 0 radical (unpaired) electrons. The standard InChI is InChI=1S/C29H37NO2/c1-23(18-20-27(31)21-19-24-12-6-3-7-13-24)29(26-16-10-5-11-17-26)30-28(22-32-2)25-14-8-4-9-15-25/h3-17,23,27-31H,18-22H2,1-2H3/t23-,27+,28+,29-/m0/s1. The van der Waals surface area contributed by atoms with E-state index in [1.165, 1.54) is 16.7 Å². The largest absolute Gasteiger partial charge is 0.393 e. The quantitative estimate of drug-likeness (QED) is 0.343. The molecule has 0 aromatic heterocycles. The smallest absolute Gasteiger partial charge is 0.0657 e. The normalized spacial score (nSPS) is 15.1. The molecule has 0 fully saturated rings. The van der Waals surface area contributed by atoms with Crippen molar-refractivity contribution >= 4 is 0 Å². The first-order chi connectivity index (χ1) is 15.7. The number of methoxy groups -OCH3 is 1. The maximum atomic E-state index is 10.6. The predicted octanol–water partition coefficient (Wildman–Crippen LogP) is 6.12. The Kier molecular flexibility index (Phi) is 9.96. The molecule has 3 nitrogen and oxygen atoms in total. The van der Waals surface area contributed by atoms with Crippen molar-refractivity contribution in [3.05, 3.63) is 108 Å². The molecular formula is C29H37NO2. The molecule has 170 valence electrons. The van der Waals surface area contributed by atoms with Gasteiger partial charge in [0.25, 0.3) is 0 Å². The topological polar surface area (TPSA) is 41.5 Å². The number of aliphatic hydroxyl groups excluding tert-OH is 1. The van der Waals surface area contributed by atoms with Crippen molar-refractivity contribution in [2.24, 2.45) is 5.92 Å². The van der Waals surface area contributed by atoms with Crippen LogP contribution in [0.3, 0.4) is 0 Å². The third-order valence-corrected chi connectivity index (χ3v) is 6.21. The molecule has 32 heavy (non-hydrogen) atoms. The summed E-state index contributed by atoms with van der Waals surface area (Å²) >= 11 is 0. The molecule has 0 aliphatic carbocycles. The van der Waals surface area contributed by atoms with Gasteiger partial charge in [-0.05, 0) is 48.3 Å². The van der Waals surface area contributed by atoms with Crippen molar-refractivity contribution < 1.29 is 9.84 Å². The lowest BCUT2D eigenvalue weighted by atomic mass is 9.88. The maximum absolute atomic E-state index is 10.6. The summed E-state index contributed by atoms with van der Waals surface area (Å²) in [6.07, 6.45) is 3.20. The van der Waals surface area contributed by atoms with E-state index in [1.807, 2.05) is 12.1 Å². The zero-order valence-electron chi connectivity index (χ0n) is 19.4. The van der Waals surface area contributed by atoms with E-state index >= 15 is 0 Å². The highest BCUT2D eigenvalue weighted by Crippen LogP contribution is 2.30. The summed E-state index contributed by atoms with van der Waals surface area (Å²) in [5, 5.41) is 14.5. The average Bonchev–Trinajstić information content (AvgIpc) is 2.85. The maximum Gasteiger partial charge on any atom is 0.0657 e. The second-order valence-electron chi connectivity index (χ2n) is 8.71. The molecule has 3 aromatic rings. The zero-order valence-corrected chi connectivity index (χ0v) is 19.4. The van der Waals surface area contributed by atoms with Gasteiger partial charge in [0, 0.05) is 13.2 Å². The van der Waals surface area contributed by atoms with Crippen molar-refractivity contribution in [2.75, 3.05) is 13.7 Å². The third-order valence-electron chi connectivity index (χ3n) is 6.21. The molecule has 0 aliphatic heterocycles. The van der Waals surface area contributed by atoms with E-state index in [1.54, 1.807) is 7.11 Å². The van der Waals surface area contributed by atoms with Gasteiger partial charge >= 0.3 is 0 Å². The second-order valence-corrected chi connectivity index (χ2v) is 8.71. The van der Waals surface area contributed by atoms with Gasteiger partial charge in [-0.25, -0.2) is 0 Å². The van der Waals surface area contributed by atoms with Gasteiger partial charge in [-0.2, -0.15) is 0 Å². The van der Waals surface area contributed by atoms with Gasteiger partial charge in [-0.1, -0.05) is 97.9 Å². The van der Waals surface area contributed by atoms with E-state index in [0.29, 0.717) is 12.5 Å². The monoisotopic (exact) mass is 431 g/mol. The van der Waals surface area contributed by atoms with Crippen molar-refractivity contribution in [1.29, 1.82) is 0 Å². The van der Waals surface area contributed by atoms with Crippen LogP contribution in [0.4, 0.5) is 0 Å². The SMILES string of the molecule is COC[C@@H](N[C@H](c1ccccc1)[C@@H](C)CC[C@@H](O)CCc1ccccc1)c1ccccc1. The molecule has 0 amide bonds. The number of aryl methyl sites for hydroxylation is 1. The Bertz CT molecular complexity index is 869. The molecule has 0 bridgehead atoms. The van der Waals surface area contributed by atoms with Crippen LogP contribution >= 0.6 is 0 Å². The highest BCUT2D eigenvalue weighted by Gasteiger charge is 2.24. The van der Waals surface area contributed by atoms with Gasteiger partial charge in [0.1, 0.15) is 0 Å². The molecule has 3 aromatic carbocycles. The molecule has 3 rings (SSSR count). The van der Waals surface area contributed by atoms with E-state index in [4.69, 9.17) is 4.74 Å². The Morgan fingerprint density at radius 1 is 0.750 bits per heavy atom. The molecule has 0 aliphatic rings. The van der Waals surface area contributed by atoms with Crippen LogP contribution in [-0.4, -0.2) is 24.9 Å². The average molecular weight is 432 g/mol. The molecule has 3 heteroatoms. The minimum absolute atomic E-state index is 0.108. The zero-order chi connectivity index (χ0) is 22.6. The Balaban J connectivity index is 1.64. The number of hydrogen-bond acceptors (Lipinski definition) is 3. The van der Waals surface area contributed by atoms with Crippen LogP contribution in [0.15, 0.2) is 91.0 Å². The van der Waals surface area contributed by atoms with Gasteiger partial charge in [-0.3, -0.25) is 0 Å². The Hall–Kier alpha value is -2.46. The Morgan fingerprint density at radius 2 is 1.31 bits per heavy atom. The third kappa shape index (κ3) is 7.59. The van der Waals surface area contributed by atoms with Gasteiger partial charge < -0.3 is 15.2 Å². The van der Waals surface area contributed by atoms with Crippen LogP contribution < -0.4 is 5.32 Å². The van der Waals surface area contributed by atoms with Crippen molar-refractivity contribution in [2.45, 2.75) is 50.8 Å². The highest BCUT2D eigenvalue weighted by molar-refractivity contribution is 5.23. The molecule has 0 spiro atoms. The van der Waals surface area contributed by atoms with Gasteiger partial charge in [0.2, 0.25) is 0 Å². The summed E-state index contributed by atoms with van der Waals surface area (Å²) in [5.41, 5.74) is 3.79. The lowest BCUT2D eigenvalue weighted by Crippen LogP contribution is -2.33. The molecule has 0 heterocycles. The molecule has 2 N–H and O–H groups in total. The highest BCUT2D eigenvalue weighted by atomic mass is 16.5. The molecule has 0 saturated carbocycles. The van der Waals surface area contributed by atoms with Crippen LogP contribution in [0.1, 0.15) is 55.0 Å². The van der Waals surface area contributed by atoms with Crippen LogP contribution in [-0.2, 0) is 11.2 Å². The number of rotatable bonds is 13. The summed E-state index contributed by atoms with van der Waals surface area (Å²) < 4.78 is 5.54. The number of benzene rings is 3. The van der Waals surface area contributed by atoms with Crippen molar-refractivity contribution in [1.82, 2.24) is 5.32 Å². The summed E-state index contributed by atoms with van der Waals surface area (Å²) in [6, 6.07) is 31.8. The molecular weight excluding hydrogens is 394 g/mol. The Morgan fingerprint density at radius 3 is 1.91 bits per heavy atom. The molecule has 0 saturated heterocycles. The summed E-state index contributed by atoms with van der Waals surface area (Å²) in [7, 11) is 1.75. The van der Waals surface area contributed by atoms with E-state index in [9.17, 15) is 5.11 Å². The van der Waals surface area contributed by atoms with E-state index < -0.39 is 0 Å². The van der Waals surface area contributed by atoms with Crippen LogP contribution in [0.5, 0.6) is 0 Å². The fourth-order valence-corrected chi connectivity index (χ4v) is 4.30. The van der Waals surface area contributed by atoms with E-state index in [-0.39, 0.29) is 18.2 Å². The number of nitrogens with one attached hydrogen (secondary N) is 1. The van der Waals surface area contributed by atoms with E-state index in [2.05, 4.69) is 91.1 Å².